The maximum atomic E-state index is 13.7. The molecule has 146 valence electrons. The van der Waals surface area contributed by atoms with Crippen LogP contribution in [0.25, 0.3) is 0 Å². The SMILES string of the molecule is O=C(NC1CCNCC1)C12CC3C[C@](c4ccccc4)(C1)C[C@@]2(CCF)C3. The minimum Gasteiger partial charge on any atom is -0.353 e. The molecule has 1 heterocycles. The Morgan fingerprint density at radius 3 is 2.63 bits per heavy atom. The summed E-state index contributed by atoms with van der Waals surface area (Å²) in [6, 6.07) is 11.0. The van der Waals surface area contributed by atoms with Crippen LogP contribution in [0.5, 0.6) is 0 Å². The molecular formula is C23H31FN2O. The number of halogens is 1. The second-order valence-corrected chi connectivity index (χ2v) is 9.78. The van der Waals surface area contributed by atoms with Gasteiger partial charge in [-0.05, 0) is 86.8 Å². The Kier molecular flexibility index (Phi) is 4.12. The van der Waals surface area contributed by atoms with E-state index in [9.17, 15) is 9.18 Å². The van der Waals surface area contributed by atoms with Crippen molar-refractivity contribution in [3.05, 3.63) is 35.9 Å². The van der Waals surface area contributed by atoms with E-state index in [0.29, 0.717) is 12.3 Å². The smallest absolute Gasteiger partial charge is 0.227 e. The average Bonchev–Trinajstić information content (AvgIpc) is 3.03. The fourth-order valence-corrected chi connectivity index (χ4v) is 7.59. The van der Waals surface area contributed by atoms with E-state index in [2.05, 4.69) is 41.0 Å². The van der Waals surface area contributed by atoms with E-state index < -0.39 is 0 Å². The maximum absolute atomic E-state index is 13.7. The Morgan fingerprint density at radius 2 is 1.89 bits per heavy atom. The lowest BCUT2D eigenvalue weighted by atomic mass is 9.63. The third-order valence-electron chi connectivity index (χ3n) is 8.40. The normalized spacial score (nSPS) is 40.4. The summed E-state index contributed by atoms with van der Waals surface area (Å²) >= 11 is 0. The molecule has 2 unspecified atom stereocenters. The molecule has 4 aliphatic carbocycles. The summed E-state index contributed by atoms with van der Waals surface area (Å²) in [5.74, 6) is 0.806. The van der Waals surface area contributed by atoms with Gasteiger partial charge in [0, 0.05) is 6.04 Å². The van der Waals surface area contributed by atoms with Crippen LogP contribution < -0.4 is 10.6 Å². The third-order valence-corrected chi connectivity index (χ3v) is 8.40. The van der Waals surface area contributed by atoms with E-state index in [1.807, 2.05) is 0 Å². The lowest BCUT2D eigenvalue weighted by molar-refractivity contribution is -0.137. The summed E-state index contributed by atoms with van der Waals surface area (Å²) in [5.41, 5.74) is 0.942. The number of hydrogen-bond donors (Lipinski definition) is 2. The van der Waals surface area contributed by atoms with Crippen LogP contribution in [0.3, 0.4) is 0 Å². The molecule has 27 heavy (non-hydrogen) atoms. The van der Waals surface area contributed by atoms with Gasteiger partial charge in [0.15, 0.2) is 0 Å². The Bertz CT molecular complexity index is 718. The van der Waals surface area contributed by atoms with E-state index in [1.54, 1.807) is 0 Å². The van der Waals surface area contributed by atoms with Crippen molar-refractivity contribution in [2.45, 2.75) is 62.8 Å². The highest BCUT2D eigenvalue weighted by atomic mass is 19.1. The number of amides is 1. The minimum absolute atomic E-state index is 0.0725. The summed E-state index contributed by atoms with van der Waals surface area (Å²) in [5, 5.41) is 6.79. The number of piperidine rings is 1. The van der Waals surface area contributed by atoms with Gasteiger partial charge in [0.1, 0.15) is 0 Å². The molecule has 1 aliphatic heterocycles. The number of benzene rings is 1. The maximum Gasteiger partial charge on any atom is 0.227 e. The summed E-state index contributed by atoms with van der Waals surface area (Å²) in [7, 11) is 0. The van der Waals surface area contributed by atoms with Crippen LogP contribution in [0.4, 0.5) is 4.39 Å². The van der Waals surface area contributed by atoms with Gasteiger partial charge in [0.05, 0.1) is 12.1 Å². The molecule has 0 aromatic heterocycles. The molecule has 0 radical (unpaired) electrons. The number of alkyl halides is 1. The molecule has 4 heteroatoms. The highest BCUT2D eigenvalue weighted by molar-refractivity contribution is 5.86. The van der Waals surface area contributed by atoms with Gasteiger partial charge in [-0.2, -0.15) is 0 Å². The average molecular weight is 371 g/mol. The van der Waals surface area contributed by atoms with Crippen molar-refractivity contribution >= 4 is 5.91 Å². The number of hydrogen-bond acceptors (Lipinski definition) is 2. The molecule has 1 amide bonds. The van der Waals surface area contributed by atoms with E-state index in [4.69, 9.17) is 0 Å². The monoisotopic (exact) mass is 370 g/mol. The van der Waals surface area contributed by atoms with Crippen molar-refractivity contribution in [1.82, 2.24) is 10.6 Å². The van der Waals surface area contributed by atoms with Crippen LogP contribution in [-0.4, -0.2) is 31.7 Å². The molecule has 2 N–H and O–H groups in total. The van der Waals surface area contributed by atoms with Crippen LogP contribution in [0.1, 0.15) is 56.9 Å². The quantitative estimate of drug-likeness (QED) is 0.829. The summed E-state index contributed by atoms with van der Waals surface area (Å²) in [4.78, 5) is 13.7. The van der Waals surface area contributed by atoms with Crippen LogP contribution in [0.2, 0.25) is 0 Å². The molecule has 4 saturated carbocycles. The van der Waals surface area contributed by atoms with Crippen LogP contribution in [0, 0.1) is 16.7 Å². The first-order chi connectivity index (χ1) is 13.1. The van der Waals surface area contributed by atoms with Gasteiger partial charge < -0.3 is 10.6 Å². The molecule has 5 aliphatic rings. The lowest BCUT2D eigenvalue weighted by Gasteiger charge is -2.41. The van der Waals surface area contributed by atoms with Crippen LogP contribution in [0.15, 0.2) is 30.3 Å². The van der Waals surface area contributed by atoms with Crippen molar-refractivity contribution in [1.29, 1.82) is 0 Å². The van der Waals surface area contributed by atoms with Crippen LogP contribution in [-0.2, 0) is 10.2 Å². The van der Waals surface area contributed by atoms with Crippen molar-refractivity contribution in [2.75, 3.05) is 19.8 Å². The standard InChI is InChI=1S/C23H31FN2O/c24-9-8-22-13-17-12-21(15-22,18-4-2-1-3-5-18)16-23(22,14-17)20(27)26-19-6-10-25-11-7-19/h1-5,17,19,25H,6-16H2,(H,26,27)/t17?,21-,22-,23?/m1/s1. The van der Waals surface area contributed by atoms with Crippen molar-refractivity contribution < 1.29 is 9.18 Å². The number of carbonyl (C=O) groups excluding carboxylic acids is 1. The lowest BCUT2D eigenvalue weighted by Crippen LogP contribution is -2.52. The second-order valence-electron chi connectivity index (χ2n) is 9.78. The van der Waals surface area contributed by atoms with Crippen molar-refractivity contribution in [2.24, 2.45) is 16.7 Å². The fourth-order valence-electron chi connectivity index (χ4n) is 7.59. The zero-order chi connectivity index (χ0) is 18.5. The Morgan fingerprint density at radius 1 is 1.11 bits per heavy atom. The van der Waals surface area contributed by atoms with E-state index >= 15 is 0 Å². The topological polar surface area (TPSA) is 41.1 Å². The molecule has 1 saturated heterocycles. The van der Waals surface area contributed by atoms with Crippen LogP contribution >= 0.6 is 0 Å². The molecule has 4 bridgehead atoms. The predicted octanol–water partition coefficient (Wildman–Crippen LogP) is 3.73. The fraction of sp³-hybridized carbons (Fsp3) is 0.696. The zero-order valence-electron chi connectivity index (χ0n) is 16.1. The van der Waals surface area contributed by atoms with Gasteiger partial charge in [0.25, 0.3) is 0 Å². The van der Waals surface area contributed by atoms with E-state index in [0.717, 1.165) is 51.6 Å². The summed E-state index contributed by atoms with van der Waals surface area (Å²) in [6.07, 6.45) is 7.66. The second kappa shape index (κ2) is 6.30. The van der Waals surface area contributed by atoms with Crippen molar-refractivity contribution in [3.63, 3.8) is 0 Å². The summed E-state index contributed by atoms with van der Waals surface area (Å²) in [6.45, 7) is 1.65. The van der Waals surface area contributed by atoms with Crippen molar-refractivity contribution in [3.8, 4) is 0 Å². The number of carbonyl (C=O) groups is 1. The first-order valence-electron chi connectivity index (χ1n) is 10.7. The van der Waals surface area contributed by atoms with Gasteiger partial charge in [-0.3, -0.25) is 9.18 Å². The number of nitrogens with one attached hydrogen (secondary N) is 2. The highest BCUT2D eigenvalue weighted by Crippen LogP contribution is 2.77. The molecule has 4 atom stereocenters. The Hall–Kier alpha value is -1.42. The van der Waals surface area contributed by atoms with Gasteiger partial charge >= 0.3 is 0 Å². The van der Waals surface area contributed by atoms with Gasteiger partial charge in [-0.25, -0.2) is 0 Å². The molecular weight excluding hydrogens is 339 g/mol. The third kappa shape index (κ3) is 2.52. The molecule has 1 aromatic carbocycles. The van der Waals surface area contributed by atoms with Gasteiger partial charge in [0.2, 0.25) is 5.91 Å². The Labute approximate surface area is 161 Å². The minimum atomic E-state index is -0.358. The first-order valence-corrected chi connectivity index (χ1v) is 10.7. The largest absolute Gasteiger partial charge is 0.353 e. The molecule has 6 rings (SSSR count). The Balaban J connectivity index is 1.50. The molecule has 3 nitrogen and oxygen atoms in total. The molecule has 1 aromatic rings. The molecule has 0 spiro atoms. The summed E-state index contributed by atoms with van der Waals surface area (Å²) < 4.78 is 13.7. The predicted molar refractivity (Wildman–Crippen MR) is 104 cm³/mol. The zero-order valence-corrected chi connectivity index (χ0v) is 16.1. The van der Waals surface area contributed by atoms with E-state index in [-0.39, 0.29) is 34.9 Å². The first kappa shape index (κ1) is 17.7. The number of rotatable bonds is 5. The molecule has 5 fully saturated rings. The highest BCUT2D eigenvalue weighted by Gasteiger charge is 2.74. The van der Waals surface area contributed by atoms with Gasteiger partial charge in [-0.1, -0.05) is 30.3 Å². The van der Waals surface area contributed by atoms with E-state index in [1.165, 1.54) is 12.0 Å². The van der Waals surface area contributed by atoms with Gasteiger partial charge in [-0.15, -0.1) is 0 Å².